The van der Waals surface area contributed by atoms with Gasteiger partial charge in [-0.05, 0) is 131 Å². The fourth-order valence-electron chi connectivity index (χ4n) is 9.44. The third-order valence-electron chi connectivity index (χ3n) is 12.6. The minimum absolute atomic E-state index is 0.136. The molecule has 1 aliphatic carbocycles. The predicted molar refractivity (Wildman–Crippen MR) is 255 cm³/mol. The van der Waals surface area contributed by atoms with E-state index < -0.39 is 0 Å². The average molecular weight is 766 g/mol. The van der Waals surface area contributed by atoms with E-state index in [0.29, 0.717) is 0 Å². The predicted octanol–water partition coefficient (Wildman–Crippen LogP) is 16.4. The fourth-order valence-corrected chi connectivity index (χ4v) is 9.44. The lowest BCUT2D eigenvalue weighted by Crippen LogP contribution is -2.17. The summed E-state index contributed by atoms with van der Waals surface area (Å²) in [5, 5.41) is 4.99. The Morgan fingerprint density at radius 2 is 0.767 bits per heavy atom. The lowest BCUT2D eigenvalue weighted by Gasteiger charge is -2.30. The van der Waals surface area contributed by atoms with Gasteiger partial charge in [-0.3, -0.25) is 0 Å². The molecule has 0 aromatic heterocycles. The van der Waals surface area contributed by atoms with Gasteiger partial charge in [0.2, 0.25) is 0 Å². The van der Waals surface area contributed by atoms with E-state index in [-0.39, 0.29) is 5.41 Å². The van der Waals surface area contributed by atoms with Crippen LogP contribution in [-0.2, 0) is 5.41 Å². The number of hydrogen-bond acceptors (Lipinski definition) is 1. The molecule has 0 saturated heterocycles. The van der Waals surface area contributed by atoms with E-state index in [1.807, 2.05) is 0 Å². The Balaban J connectivity index is 1.07. The summed E-state index contributed by atoms with van der Waals surface area (Å²) in [4.78, 5) is 2.47. The summed E-state index contributed by atoms with van der Waals surface area (Å²) >= 11 is 0. The number of fused-ring (bicyclic) bond motifs is 5. The van der Waals surface area contributed by atoms with Crippen LogP contribution in [0.4, 0.5) is 17.1 Å². The van der Waals surface area contributed by atoms with Crippen molar-refractivity contribution in [2.45, 2.75) is 19.3 Å². The van der Waals surface area contributed by atoms with Crippen molar-refractivity contribution in [3.05, 3.63) is 236 Å². The van der Waals surface area contributed by atoms with Crippen LogP contribution in [0.1, 0.15) is 25.0 Å². The maximum Gasteiger partial charge on any atom is 0.0546 e. The van der Waals surface area contributed by atoms with Crippen molar-refractivity contribution >= 4 is 38.6 Å². The highest BCUT2D eigenvalue weighted by Gasteiger charge is 2.36. The number of nitrogens with zero attached hydrogens (tertiary/aromatic N) is 1. The summed E-state index contributed by atoms with van der Waals surface area (Å²) in [5.41, 5.74) is 18.1. The molecule has 0 fully saturated rings. The third-order valence-corrected chi connectivity index (χ3v) is 12.6. The van der Waals surface area contributed by atoms with Crippen LogP contribution in [0.3, 0.4) is 0 Å². The summed E-state index contributed by atoms with van der Waals surface area (Å²) in [6, 6.07) is 82.6. The summed E-state index contributed by atoms with van der Waals surface area (Å²) in [7, 11) is 0. The first-order valence-electron chi connectivity index (χ1n) is 20.9. The van der Waals surface area contributed by atoms with Gasteiger partial charge in [-0.1, -0.05) is 190 Å². The Morgan fingerprint density at radius 3 is 1.47 bits per heavy atom. The molecule has 1 nitrogen and oxygen atoms in total. The SMILES string of the molecule is CC1(C)c2ccccc2-c2ccc(N(c3ccc(-c4cccc(-c5ccc6ccccc6c5)c4)cc3)c3cc(-c4ccc5ccccc5c4)ccc3-c3ccccc3)cc21. The molecule has 0 aliphatic heterocycles. The summed E-state index contributed by atoms with van der Waals surface area (Å²) < 4.78 is 0. The van der Waals surface area contributed by atoms with Crippen LogP contribution >= 0.6 is 0 Å². The zero-order chi connectivity index (χ0) is 40.2. The van der Waals surface area contributed by atoms with Crippen LogP contribution < -0.4 is 4.90 Å². The Bertz CT molecular complexity index is 3230. The van der Waals surface area contributed by atoms with Crippen molar-refractivity contribution < 1.29 is 0 Å². The van der Waals surface area contributed by atoms with Gasteiger partial charge in [-0.2, -0.15) is 0 Å². The first kappa shape index (κ1) is 35.7. The van der Waals surface area contributed by atoms with E-state index in [2.05, 4.69) is 243 Å². The van der Waals surface area contributed by atoms with Gasteiger partial charge in [0.1, 0.15) is 0 Å². The number of hydrogen-bond donors (Lipinski definition) is 0. The largest absolute Gasteiger partial charge is 0.310 e. The summed E-state index contributed by atoms with van der Waals surface area (Å²) in [6.45, 7) is 4.73. The Hall–Kier alpha value is -7.48. The normalized spacial score (nSPS) is 12.6. The monoisotopic (exact) mass is 765 g/mol. The van der Waals surface area contributed by atoms with Crippen LogP contribution in [0.5, 0.6) is 0 Å². The molecule has 10 aromatic carbocycles. The van der Waals surface area contributed by atoms with E-state index in [0.717, 1.165) is 17.1 Å². The molecule has 0 heterocycles. The second kappa shape index (κ2) is 14.4. The zero-order valence-corrected chi connectivity index (χ0v) is 33.8. The molecular weight excluding hydrogens is 723 g/mol. The molecule has 284 valence electrons. The topological polar surface area (TPSA) is 3.24 Å². The van der Waals surface area contributed by atoms with Crippen molar-refractivity contribution in [2.24, 2.45) is 0 Å². The van der Waals surface area contributed by atoms with Crippen molar-refractivity contribution in [1.82, 2.24) is 0 Å². The van der Waals surface area contributed by atoms with E-state index in [1.165, 1.54) is 88.3 Å². The Kier molecular flexibility index (Phi) is 8.57. The quantitative estimate of drug-likeness (QED) is 0.156. The van der Waals surface area contributed by atoms with Crippen LogP contribution in [0, 0.1) is 0 Å². The molecule has 0 atom stereocenters. The van der Waals surface area contributed by atoms with Gasteiger partial charge < -0.3 is 4.90 Å². The minimum atomic E-state index is -0.136. The molecule has 1 heteroatoms. The molecule has 1 aliphatic rings. The van der Waals surface area contributed by atoms with Crippen molar-refractivity contribution in [3.8, 4) is 55.6 Å². The first-order valence-corrected chi connectivity index (χ1v) is 20.9. The number of anilines is 3. The highest BCUT2D eigenvalue weighted by Crippen LogP contribution is 2.51. The molecule has 10 aromatic rings. The van der Waals surface area contributed by atoms with Gasteiger partial charge in [0.15, 0.2) is 0 Å². The van der Waals surface area contributed by atoms with Gasteiger partial charge in [-0.25, -0.2) is 0 Å². The van der Waals surface area contributed by atoms with Gasteiger partial charge in [-0.15, -0.1) is 0 Å². The van der Waals surface area contributed by atoms with E-state index >= 15 is 0 Å². The van der Waals surface area contributed by atoms with Crippen molar-refractivity contribution in [3.63, 3.8) is 0 Å². The second-order valence-electron chi connectivity index (χ2n) is 16.6. The van der Waals surface area contributed by atoms with Gasteiger partial charge in [0, 0.05) is 22.4 Å². The smallest absolute Gasteiger partial charge is 0.0546 e. The van der Waals surface area contributed by atoms with Gasteiger partial charge in [0.05, 0.1) is 5.69 Å². The minimum Gasteiger partial charge on any atom is -0.310 e. The van der Waals surface area contributed by atoms with E-state index in [4.69, 9.17) is 0 Å². The summed E-state index contributed by atoms with van der Waals surface area (Å²) in [6.07, 6.45) is 0. The zero-order valence-electron chi connectivity index (χ0n) is 33.8. The Labute approximate surface area is 352 Å². The highest BCUT2D eigenvalue weighted by atomic mass is 15.1. The average Bonchev–Trinajstić information content (AvgIpc) is 3.54. The Morgan fingerprint density at radius 1 is 0.283 bits per heavy atom. The number of rotatable bonds is 7. The standard InChI is InChI=1S/C59H43N/c1-59(2)56-22-11-10-21-54(56)55-34-32-52(39-57(55)59)60(51-30-27-42(28-31-51)46-19-12-20-47(35-46)48-25-23-40-13-6-8-17-44(40)36-48)58-38-50(29-33-53(58)43-15-4-3-5-16-43)49-26-24-41-14-7-9-18-45(41)37-49/h3-39H,1-2H3. The van der Waals surface area contributed by atoms with Crippen molar-refractivity contribution in [1.29, 1.82) is 0 Å². The molecule has 0 N–H and O–H groups in total. The van der Waals surface area contributed by atoms with Crippen molar-refractivity contribution in [2.75, 3.05) is 4.90 Å². The fraction of sp³-hybridized carbons (Fsp3) is 0.0508. The van der Waals surface area contributed by atoms with Crippen LogP contribution in [0.2, 0.25) is 0 Å². The molecule has 0 radical (unpaired) electrons. The molecule has 11 rings (SSSR count). The van der Waals surface area contributed by atoms with E-state index in [9.17, 15) is 0 Å². The number of benzene rings is 10. The second-order valence-corrected chi connectivity index (χ2v) is 16.6. The molecule has 0 saturated carbocycles. The molecule has 60 heavy (non-hydrogen) atoms. The maximum absolute atomic E-state index is 2.47. The van der Waals surface area contributed by atoms with E-state index in [1.54, 1.807) is 0 Å². The third kappa shape index (κ3) is 6.19. The highest BCUT2D eigenvalue weighted by molar-refractivity contribution is 5.95. The summed E-state index contributed by atoms with van der Waals surface area (Å²) in [5.74, 6) is 0. The molecule has 0 unspecified atom stereocenters. The lowest BCUT2D eigenvalue weighted by molar-refractivity contribution is 0.660. The van der Waals surface area contributed by atoms with Gasteiger partial charge in [0.25, 0.3) is 0 Å². The first-order chi connectivity index (χ1) is 29.5. The lowest BCUT2D eigenvalue weighted by atomic mass is 9.82. The molecule has 0 spiro atoms. The molecular formula is C59H43N. The molecule has 0 amide bonds. The van der Waals surface area contributed by atoms with Crippen LogP contribution in [0.25, 0.3) is 77.2 Å². The van der Waals surface area contributed by atoms with Crippen LogP contribution in [-0.4, -0.2) is 0 Å². The van der Waals surface area contributed by atoms with Gasteiger partial charge >= 0.3 is 0 Å². The maximum atomic E-state index is 2.47. The van der Waals surface area contributed by atoms with Crippen LogP contribution in [0.15, 0.2) is 224 Å². The molecule has 0 bridgehead atoms.